The summed E-state index contributed by atoms with van der Waals surface area (Å²) in [5.41, 5.74) is 0.953. The van der Waals surface area contributed by atoms with Crippen LogP contribution in [0.3, 0.4) is 0 Å². The molecule has 0 atom stereocenters. The first kappa shape index (κ1) is 18.6. The predicted molar refractivity (Wildman–Crippen MR) is 97.7 cm³/mol. The van der Waals surface area contributed by atoms with Gasteiger partial charge in [-0.15, -0.1) is 0 Å². The van der Waals surface area contributed by atoms with Gasteiger partial charge in [-0.25, -0.2) is 0 Å². The van der Waals surface area contributed by atoms with E-state index in [9.17, 15) is 9.59 Å². The van der Waals surface area contributed by atoms with E-state index in [2.05, 4.69) is 5.32 Å². The van der Waals surface area contributed by atoms with Crippen molar-refractivity contribution in [1.29, 1.82) is 0 Å². The van der Waals surface area contributed by atoms with Crippen LogP contribution in [0.4, 0.5) is 11.4 Å². The molecule has 7 heteroatoms. The van der Waals surface area contributed by atoms with Crippen LogP contribution in [0.2, 0.25) is 5.02 Å². The Morgan fingerprint density at radius 3 is 2.40 bits per heavy atom. The Labute approximate surface area is 151 Å². The van der Waals surface area contributed by atoms with Gasteiger partial charge >= 0.3 is 0 Å². The summed E-state index contributed by atoms with van der Waals surface area (Å²) >= 11 is 6.02. The third-order valence-electron chi connectivity index (χ3n) is 3.49. The molecule has 132 valence electrons. The number of amides is 2. The van der Waals surface area contributed by atoms with E-state index in [4.69, 9.17) is 21.1 Å². The van der Waals surface area contributed by atoms with Crippen molar-refractivity contribution in [2.24, 2.45) is 0 Å². The molecule has 0 aliphatic heterocycles. The first-order valence-corrected chi connectivity index (χ1v) is 7.88. The molecule has 0 unspecified atom stereocenters. The summed E-state index contributed by atoms with van der Waals surface area (Å²) in [6, 6.07) is 11.9. The zero-order valence-corrected chi connectivity index (χ0v) is 15.0. The van der Waals surface area contributed by atoms with Crippen molar-refractivity contribution < 1.29 is 19.1 Å². The number of carbonyl (C=O) groups excluding carboxylic acids is 2. The van der Waals surface area contributed by atoms with Crippen molar-refractivity contribution in [3.63, 3.8) is 0 Å². The van der Waals surface area contributed by atoms with Crippen LogP contribution in [0.25, 0.3) is 0 Å². The maximum atomic E-state index is 12.4. The molecule has 0 saturated carbocycles. The van der Waals surface area contributed by atoms with Gasteiger partial charge in [0, 0.05) is 11.9 Å². The number of para-hydroxylation sites is 2. The van der Waals surface area contributed by atoms with Crippen molar-refractivity contribution in [3.05, 3.63) is 47.5 Å². The van der Waals surface area contributed by atoms with Crippen LogP contribution in [-0.2, 0) is 9.59 Å². The van der Waals surface area contributed by atoms with E-state index >= 15 is 0 Å². The summed E-state index contributed by atoms with van der Waals surface area (Å²) in [6.45, 7) is 1.18. The third kappa shape index (κ3) is 4.64. The van der Waals surface area contributed by atoms with Gasteiger partial charge in [0.1, 0.15) is 18.0 Å². The Bertz CT molecular complexity index is 779. The number of nitrogens with zero attached hydrogens (tertiary/aromatic N) is 1. The predicted octanol–water partition coefficient (Wildman–Crippen LogP) is 3.35. The molecule has 0 aliphatic rings. The number of methoxy groups -OCH3 is 2. The second-order valence-corrected chi connectivity index (χ2v) is 5.61. The van der Waals surface area contributed by atoms with Crippen LogP contribution in [0.1, 0.15) is 6.92 Å². The van der Waals surface area contributed by atoms with Crippen LogP contribution in [0.5, 0.6) is 11.5 Å². The number of ether oxygens (including phenoxy) is 2. The summed E-state index contributed by atoms with van der Waals surface area (Å²) in [5, 5.41) is 3.17. The summed E-state index contributed by atoms with van der Waals surface area (Å²) in [7, 11) is 3.00. The first-order chi connectivity index (χ1) is 12.0. The van der Waals surface area contributed by atoms with Crippen LogP contribution in [0, 0.1) is 0 Å². The number of rotatable bonds is 6. The number of nitrogens with one attached hydrogen (secondary N) is 1. The highest BCUT2D eigenvalue weighted by Crippen LogP contribution is 2.31. The highest BCUT2D eigenvalue weighted by atomic mass is 35.5. The van der Waals surface area contributed by atoms with Crippen LogP contribution in [-0.4, -0.2) is 32.6 Å². The van der Waals surface area contributed by atoms with Crippen LogP contribution >= 0.6 is 11.6 Å². The number of hydrogen-bond donors (Lipinski definition) is 1. The molecule has 0 aromatic heterocycles. The van der Waals surface area contributed by atoms with Gasteiger partial charge in [-0.05, 0) is 30.3 Å². The summed E-state index contributed by atoms with van der Waals surface area (Å²) in [6.07, 6.45) is 0. The Kier molecular flexibility index (Phi) is 6.25. The van der Waals surface area contributed by atoms with E-state index < -0.39 is 0 Å². The standard InChI is InChI=1S/C18H19ClN2O4/c1-12(22)21(15-10-13(19)8-9-17(15)25-3)11-18(23)20-14-6-4-5-7-16(14)24-2/h4-10H,11H2,1-3H3,(H,20,23). The topological polar surface area (TPSA) is 67.9 Å². The zero-order valence-electron chi connectivity index (χ0n) is 14.2. The second kappa shape index (κ2) is 8.39. The lowest BCUT2D eigenvalue weighted by atomic mass is 10.2. The average molecular weight is 363 g/mol. The molecule has 6 nitrogen and oxygen atoms in total. The summed E-state index contributed by atoms with van der Waals surface area (Å²) < 4.78 is 10.5. The molecular formula is C18H19ClN2O4. The Hall–Kier alpha value is -2.73. The molecular weight excluding hydrogens is 344 g/mol. The summed E-state index contributed by atoms with van der Waals surface area (Å²) in [4.78, 5) is 25.8. The van der Waals surface area contributed by atoms with Gasteiger partial charge in [0.25, 0.3) is 0 Å². The molecule has 2 rings (SSSR count). The lowest BCUT2D eigenvalue weighted by Gasteiger charge is -2.23. The maximum Gasteiger partial charge on any atom is 0.244 e. The van der Waals surface area contributed by atoms with Crippen molar-refractivity contribution >= 4 is 34.8 Å². The smallest absolute Gasteiger partial charge is 0.244 e. The fourth-order valence-corrected chi connectivity index (χ4v) is 2.49. The highest BCUT2D eigenvalue weighted by Gasteiger charge is 2.20. The largest absolute Gasteiger partial charge is 0.495 e. The molecule has 0 radical (unpaired) electrons. The van der Waals surface area contributed by atoms with Gasteiger partial charge in [-0.2, -0.15) is 0 Å². The van der Waals surface area contributed by atoms with E-state index in [1.165, 1.54) is 26.0 Å². The molecule has 2 aromatic carbocycles. The number of benzene rings is 2. The zero-order chi connectivity index (χ0) is 18.4. The Morgan fingerprint density at radius 1 is 1.08 bits per heavy atom. The van der Waals surface area contributed by atoms with Crippen LogP contribution < -0.4 is 19.7 Å². The van der Waals surface area contributed by atoms with Crippen molar-refractivity contribution in [3.8, 4) is 11.5 Å². The Morgan fingerprint density at radius 2 is 1.76 bits per heavy atom. The quantitative estimate of drug-likeness (QED) is 0.855. The second-order valence-electron chi connectivity index (χ2n) is 5.17. The monoisotopic (exact) mass is 362 g/mol. The minimum atomic E-state index is -0.373. The van der Waals surface area contributed by atoms with Gasteiger partial charge in [0.15, 0.2) is 0 Å². The van der Waals surface area contributed by atoms with Gasteiger partial charge in [-0.1, -0.05) is 23.7 Å². The van der Waals surface area contributed by atoms with E-state index in [0.29, 0.717) is 27.9 Å². The Balaban J connectivity index is 2.24. The SMILES string of the molecule is COc1ccccc1NC(=O)CN(C(C)=O)c1cc(Cl)ccc1OC. The summed E-state index contributed by atoms with van der Waals surface area (Å²) in [5.74, 6) is 0.299. The van der Waals surface area contributed by atoms with Gasteiger partial charge in [-0.3, -0.25) is 14.5 Å². The van der Waals surface area contributed by atoms with Gasteiger partial charge in [0.2, 0.25) is 11.8 Å². The average Bonchev–Trinajstić information content (AvgIpc) is 2.60. The van der Waals surface area contributed by atoms with Crippen molar-refractivity contribution in [2.45, 2.75) is 6.92 Å². The molecule has 0 bridgehead atoms. The molecule has 0 fully saturated rings. The number of halogens is 1. The highest BCUT2D eigenvalue weighted by molar-refractivity contribution is 6.31. The normalized spacial score (nSPS) is 10.1. The molecule has 2 amide bonds. The first-order valence-electron chi connectivity index (χ1n) is 7.50. The number of hydrogen-bond acceptors (Lipinski definition) is 4. The minimum absolute atomic E-state index is 0.190. The molecule has 25 heavy (non-hydrogen) atoms. The lowest BCUT2D eigenvalue weighted by Crippen LogP contribution is -2.37. The van der Waals surface area contributed by atoms with Gasteiger partial charge in [0.05, 0.1) is 25.6 Å². The fourth-order valence-electron chi connectivity index (χ4n) is 2.32. The number of anilines is 2. The van der Waals surface area contributed by atoms with E-state index in [0.717, 1.165) is 0 Å². The van der Waals surface area contributed by atoms with Crippen molar-refractivity contribution in [2.75, 3.05) is 31.0 Å². The molecule has 2 aromatic rings. The van der Waals surface area contributed by atoms with Gasteiger partial charge < -0.3 is 14.8 Å². The third-order valence-corrected chi connectivity index (χ3v) is 3.73. The van der Waals surface area contributed by atoms with Crippen molar-refractivity contribution in [1.82, 2.24) is 0 Å². The fraction of sp³-hybridized carbons (Fsp3) is 0.222. The van der Waals surface area contributed by atoms with Crippen LogP contribution in [0.15, 0.2) is 42.5 Å². The molecule has 0 saturated heterocycles. The molecule has 1 N–H and O–H groups in total. The minimum Gasteiger partial charge on any atom is -0.495 e. The molecule has 0 aliphatic carbocycles. The molecule has 0 heterocycles. The maximum absolute atomic E-state index is 12.4. The molecule has 0 spiro atoms. The van der Waals surface area contributed by atoms with E-state index in [1.807, 2.05) is 0 Å². The lowest BCUT2D eigenvalue weighted by molar-refractivity contribution is -0.120. The van der Waals surface area contributed by atoms with E-state index in [1.54, 1.807) is 42.5 Å². The number of carbonyl (C=O) groups is 2. The van der Waals surface area contributed by atoms with E-state index in [-0.39, 0.29) is 18.4 Å².